The normalized spacial score (nSPS) is 12.2. The maximum atomic E-state index is 5.95. The second kappa shape index (κ2) is 6.58. The quantitative estimate of drug-likeness (QED) is 0.899. The fraction of sp³-hybridized carbons (Fsp3) is 0.333. The highest BCUT2D eigenvalue weighted by Crippen LogP contribution is 2.22. The van der Waals surface area contributed by atoms with Gasteiger partial charge in [-0.25, -0.2) is 0 Å². The first-order valence-electron chi connectivity index (χ1n) is 7.16. The molecule has 2 heteroatoms. The highest BCUT2D eigenvalue weighted by Gasteiger charge is 2.09. The molecule has 0 aromatic heterocycles. The van der Waals surface area contributed by atoms with Crippen LogP contribution in [0.4, 0.5) is 5.69 Å². The van der Waals surface area contributed by atoms with Gasteiger partial charge in [0.25, 0.3) is 0 Å². The number of hydrogen-bond donors (Lipinski definition) is 1. The molecule has 2 rings (SSSR count). The fourth-order valence-corrected chi connectivity index (χ4v) is 2.57. The third kappa shape index (κ3) is 3.84. The minimum Gasteiger partial charge on any atom is -0.370 e. The van der Waals surface area contributed by atoms with Crippen molar-refractivity contribution in [1.82, 2.24) is 0 Å². The van der Waals surface area contributed by atoms with Crippen LogP contribution in [0.2, 0.25) is 0 Å². The molecule has 2 aromatic carbocycles. The van der Waals surface area contributed by atoms with Gasteiger partial charge in [0.1, 0.15) is 0 Å². The lowest BCUT2D eigenvalue weighted by Crippen LogP contribution is -2.22. The first-order valence-corrected chi connectivity index (χ1v) is 7.16. The van der Waals surface area contributed by atoms with Crippen molar-refractivity contribution in [3.63, 3.8) is 0 Å². The van der Waals surface area contributed by atoms with Gasteiger partial charge in [0.05, 0.1) is 0 Å². The Morgan fingerprint density at radius 2 is 1.85 bits per heavy atom. The Labute approximate surface area is 122 Å². The topological polar surface area (TPSA) is 29.3 Å². The standard InChI is InChI=1S/C18H24N2/c1-14-7-6-8-16(11-14)13-20(3)18-10-5-4-9-17(18)12-15(2)19/h4-11,15H,12-13,19H2,1-3H3. The third-order valence-electron chi connectivity index (χ3n) is 3.45. The Kier molecular flexibility index (Phi) is 4.80. The van der Waals surface area contributed by atoms with Crippen molar-refractivity contribution in [2.45, 2.75) is 32.9 Å². The zero-order valence-electron chi connectivity index (χ0n) is 12.6. The van der Waals surface area contributed by atoms with Crippen LogP contribution < -0.4 is 10.6 Å². The number of anilines is 1. The summed E-state index contributed by atoms with van der Waals surface area (Å²) < 4.78 is 0. The summed E-state index contributed by atoms with van der Waals surface area (Å²) in [6, 6.07) is 17.4. The summed E-state index contributed by atoms with van der Waals surface area (Å²) in [4.78, 5) is 2.30. The van der Waals surface area contributed by atoms with Crippen molar-refractivity contribution in [3.05, 3.63) is 65.2 Å². The lowest BCUT2D eigenvalue weighted by Gasteiger charge is -2.23. The Bertz CT molecular complexity index is 561. The molecular weight excluding hydrogens is 244 g/mol. The molecule has 20 heavy (non-hydrogen) atoms. The van der Waals surface area contributed by atoms with E-state index in [2.05, 4.69) is 74.3 Å². The van der Waals surface area contributed by atoms with Gasteiger partial charge in [0, 0.05) is 25.3 Å². The van der Waals surface area contributed by atoms with Gasteiger partial charge in [-0.05, 0) is 37.5 Å². The SMILES string of the molecule is Cc1cccc(CN(C)c2ccccc2CC(C)N)c1. The third-order valence-corrected chi connectivity index (χ3v) is 3.45. The Hall–Kier alpha value is -1.80. The molecule has 0 aliphatic carbocycles. The van der Waals surface area contributed by atoms with Crippen LogP contribution in [0.15, 0.2) is 48.5 Å². The van der Waals surface area contributed by atoms with Crippen LogP contribution in [-0.2, 0) is 13.0 Å². The summed E-state index contributed by atoms with van der Waals surface area (Å²) in [5.74, 6) is 0. The molecule has 0 fully saturated rings. The lowest BCUT2D eigenvalue weighted by molar-refractivity contribution is 0.734. The van der Waals surface area contributed by atoms with Gasteiger partial charge < -0.3 is 10.6 Å². The molecule has 2 nitrogen and oxygen atoms in total. The van der Waals surface area contributed by atoms with Crippen LogP contribution in [0, 0.1) is 6.92 Å². The molecule has 0 bridgehead atoms. The number of nitrogens with zero attached hydrogens (tertiary/aromatic N) is 1. The number of rotatable bonds is 5. The van der Waals surface area contributed by atoms with E-state index in [-0.39, 0.29) is 6.04 Å². The minimum atomic E-state index is 0.184. The Balaban J connectivity index is 2.18. The van der Waals surface area contributed by atoms with Crippen molar-refractivity contribution in [2.75, 3.05) is 11.9 Å². The zero-order chi connectivity index (χ0) is 14.5. The van der Waals surface area contributed by atoms with E-state index in [1.54, 1.807) is 0 Å². The van der Waals surface area contributed by atoms with Crippen molar-refractivity contribution in [1.29, 1.82) is 0 Å². The fourth-order valence-electron chi connectivity index (χ4n) is 2.57. The van der Waals surface area contributed by atoms with Crippen molar-refractivity contribution in [2.24, 2.45) is 5.73 Å². The molecule has 0 saturated carbocycles. The van der Waals surface area contributed by atoms with Gasteiger partial charge in [-0.15, -0.1) is 0 Å². The second-order valence-electron chi connectivity index (χ2n) is 5.66. The van der Waals surface area contributed by atoms with E-state index >= 15 is 0 Å². The summed E-state index contributed by atoms with van der Waals surface area (Å²) in [5, 5.41) is 0. The maximum absolute atomic E-state index is 5.95. The van der Waals surface area contributed by atoms with Crippen LogP contribution in [-0.4, -0.2) is 13.1 Å². The van der Waals surface area contributed by atoms with Crippen molar-refractivity contribution in [3.8, 4) is 0 Å². The molecule has 0 radical (unpaired) electrons. The van der Waals surface area contributed by atoms with Crippen molar-refractivity contribution < 1.29 is 0 Å². The molecule has 0 amide bonds. The van der Waals surface area contributed by atoms with Gasteiger partial charge in [-0.3, -0.25) is 0 Å². The van der Waals surface area contributed by atoms with Crippen LogP contribution in [0.5, 0.6) is 0 Å². The van der Waals surface area contributed by atoms with Gasteiger partial charge in [0.2, 0.25) is 0 Å². The molecule has 0 aliphatic rings. The highest BCUT2D eigenvalue weighted by atomic mass is 15.1. The molecule has 0 aliphatic heterocycles. The van der Waals surface area contributed by atoms with E-state index in [1.807, 2.05) is 0 Å². The highest BCUT2D eigenvalue weighted by molar-refractivity contribution is 5.53. The van der Waals surface area contributed by atoms with Crippen LogP contribution >= 0.6 is 0 Å². The molecule has 0 saturated heterocycles. The van der Waals surface area contributed by atoms with Gasteiger partial charge in [-0.1, -0.05) is 48.0 Å². The lowest BCUT2D eigenvalue weighted by atomic mass is 10.0. The second-order valence-corrected chi connectivity index (χ2v) is 5.66. The van der Waals surface area contributed by atoms with E-state index in [9.17, 15) is 0 Å². The van der Waals surface area contributed by atoms with Crippen molar-refractivity contribution >= 4 is 5.69 Å². The average molecular weight is 268 g/mol. The van der Waals surface area contributed by atoms with E-state index in [0.717, 1.165) is 13.0 Å². The summed E-state index contributed by atoms with van der Waals surface area (Å²) >= 11 is 0. The Morgan fingerprint density at radius 3 is 2.55 bits per heavy atom. The van der Waals surface area contributed by atoms with Gasteiger partial charge in [0.15, 0.2) is 0 Å². The van der Waals surface area contributed by atoms with E-state index in [1.165, 1.54) is 22.4 Å². The largest absolute Gasteiger partial charge is 0.370 e. The van der Waals surface area contributed by atoms with Crippen LogP contribution in [0.25, 0.3) is 0 Å². The minimum absolute atomic E-state index is 0.184. The molecular formula is C18H24N2. The molecule has 0 spiro atoms. The predicted molar refractivity (Wildman–Crippen MR) is 87.1 cm³/mol. The van der Waals surface area contributed by atoms with Gasteiger partial charge >= 0.3 is 0 Å². The number of hydrogen-bond acceptors (Lipinski definition) is 2. The Morgan fingerprint density at radius 1 is 1.10 bits per heavy atom. The summed E-state index contributed by atoms with van der Waals surface area (Å²) in [5.41, 5.74) is 11.2. The molecule has 1 atom stereocenters. The van der Waals surface area contributed by atoms with Crippen LogP contribution in [0.1, 0.15) is 23.6 Å². The molecule has 2 N–H and O–H groups in total. The molecule has 0 heterocycles. The van der Waals surface area contributed by atoms with E-state index in [4.69, 9.17) is 5.73 Å². The maximum Gasteiger partial charge on any atom is 0.0426 e. The zero-order valence-corrected chi connectivity index (χ0v) is 12.6. The number of aryl methyl sites for hydroxylation is 1. The van der Waals surface area contributed by atoms with E-state index in [0.29, 0.717) is 0 Å². The number of para-hydroxylation sites is 1. The van der Waals surface area contributed by atoms with E-state index < -0.39 is 0 Å². The average Bonchev–Trinajstić information content (AvgIpc) is 2.38. The number of nitrogens with two attached hydrogens (primary N) is 1. The first-order chi connectivity index (χ1) is 9.56. The smallest absolute Gasteiger partial charge is 0.0426 e. The molecule has 2 aromatic rings. The van der Waals surface area contributed by atoms with Crippen LogP contribution in [0.3, 0.4) is 0 Å². The predicted octanol–water partition coefficient (Wildman–Crippen LogP) is 3.52. The first kappa shape index (κ1) is 14.6. The number of benzene rings is 2. The summed E-state index contributed by atoms with van der Waals surface area (Å²) in [6.07, 6.45) is 0.911. The monoisotopic (exact) mass is 268 g/mol. The summed E-state index contributed by atoms with van der Waals surface area (Å²) in [6.45, 7) is 5.10. The molecule has 106 valence electrons. The van der Waals surface area contributed by atoms with Gasteiger partial charge in [-0.2, -0.15) is 0 Å². The molecule has 1 unspecified atom stereocenters. The summed E-state index contributed by atoms with van der Waals surface area (Å²) in [7, 11) is 2.14.